The molecule has 1 aromatic heterocycles. The average molecular weight is 339 g/mol. The van der Waals surface area contributed by atoms with Gasteiger partial charge < -0.3 is 15.3 Å². The second-order valence-electron chi connectivity index (χ2n) is 6.15. The predicted molar refractivity (Wildman–Crippen MR) is 94.5 cm³/mol. The van der Waals surface area contributed by atoms with E-state index in [1.807, 2.05) is 13.0 Å². The number of carbonyl (C=O) groups excluding carboxylic acids is 1. The SMILES string of the molecule is CCc1cc(C(=O)Nc2ccc(N3CCC(O)CC3)c(C#N)c2)n[nH]1. The highest BCUT2D eigenvalue weighted by Crippen LogP contribution is 2.27. The van der Waals surface area contributed by atoms with Crippen molar-refractivity contribution < 1.29 is 9.90 Å². The van der Waals surface area contributed by atoms with E-state index in [-0.39, 0.29) is 12.0 Å². The summed E-state index contributed by atoms with van der Waals surface area (Å²) in [6, 6.07) is 9.21. The van der Waals surface area contributed by atoms with E-state index >= 15 is 0 Å². The Hall–Kier alpha value is -2.85. The first-order valence-electron chi connectivity index (χ1n) is 8.43. The Morgan fingerprint density at radius 1 is 1.44 bits per heavy atom. The van der Waals surface area contributed by atoms with Crippen molar-refractivity contribution in [1.82, 2.24) is 10.2 Å². The molecule has 0 bridgehead atoms. The van der Waals surface area contributed by atoms with Crippen molar-refractivity contribution in [2.24, 2.45) is 0 Å². The zero-order valence-corrected chi connectivity index (χ0v) is 14.1. The standard InChI is InChI=1S/C18H21N5O2/c1-2-13-10-16(22-21-13)18(25)20-14-3-4-17(12(9-14)11-19)23-7-5-15(24)6-8-23/h3-4,9-10,15,24H,2,5-8H2,1H3,(H,20,25)(H,21,22). The molecule has 7 nitrogen and oxygen atoms in total. The summed E-state index contributed by atoms with van der Waals surface area (Å²) in [6.07, 6.45) is 1.91. The van der Waals surface area contributed by atoms with Crippen molar-refractivity contribution in [3.05, 3.63) is 41.2 Å². The summed E-state index contributed by atoms with van der Waals surface area (Å²) in [4.78, 5) is 14.3. The molecule has 1 aliphatic rings. The number of nitrogens with one attached hydrogen (secondary N) is 2. The van der Waals surface area contributed by atoms with Crippen LogP contribution in [0.1, 0.15) is 41.5 Å². The Morgan fingerprint density at radius 2 is 2.20 bits per heavy atom. The number of aromatic nitrogens is 2. The fraction of sp³-hybridized carbons (Fsp3) is 0.389. The van der Waals surface area contributed by atoms with Gasteiger partial charge in [-0.15, -0.1) is 0 Å². The number of aliphatic hydroxyl groups is 1. The largest absolute Gasteiger partial charge is 0.393 e. The molecule has 1 saturated heterocycles. The number of H-pyrrole nitrogens is 1. The minimum absolute atomic E-state index is 0.262. The van der Waals surface area contributed by atoms with E-state index in [4.69, 9.17) is 0 Å². The van der Waals surface area contributed by atoms with Crippen LogP contribution in [0.4, 0.5) is 11.4 Å². The number of aliphatic hydroxyl groups excluding tert-OH is 1. The summed E-state index contributed by atoms with van der Waals surface area (Å²) in [6.45, 7) is 3.41. The molecular formula is C18H21N5O2. The van der Waals surface area contributed by atoms with Crippen LogP contribution in [-0.4, -0.2) is 40.4 Å². The number of piperidine rings is 1. The molecule has 1 fully saturated rings. The third kappa shape index (κ3) is 3.80. The van der Waals surface area contributed by atoms with Crippen molar-refractivity contribution >= 4 is 17.3 Å². The minimum atomic E-state index is -0.311. The lowest BCUT2D eigenvalue weighted by molar-refractivity contribution is 0.102. The maximum atomic E-state index is 12.3. The quantitative estimate of drug-likeness (QED) is 0.791. The molecule has 1 aromatic carbocycles. The minimum Gasteiger partial charge on any atom is -0.393 e. The molecule has 2 heterocycles. The zero-order chi connectivity index (χ0) is 17.8. The maximum Gasteiger partial charge on any atom is 0.276 e. The highest BCUT2D eigenvalue weighted by molar-refractivity contribution is 6.03. The predicted octanol–water partition coefficient (Wildman–Crippen LogP) is 2.06. The number of benzene rings is 1. The van der Waals surface area contributed by atoms with Crippen LogP contribution in [-0.2, 0) is 6.42 Å². The van der Waals surface area contributed by atoms with Gasteiger partial charge in [0.25, 0.3) is 5.91 Å². The zero-order valence-electron chi connectivity index (χ0n) is 14.1. The summed E-state index contributed by atoms with van der Waals surface area (Å²) in [5, 5.41) is 28.7. The van der Waals surface area contributed by atoms with Crippen LogP contribution in [0.2, 0.25) is 0 Å². The number of hydrogen-bond donors (Lipinski definition) is 3. The number of nitrogens with zero attached hydrogens (tertiary/aromatic N) is 3. The second-order valence-corrected chi connectivity index (χ2v) is 6.15. The Bertz CT molecular complexity index is 800. The van der Waals surface area contributed by atoms with Crippen LogP contribution in [0, 0.1) is 11.3 Å². The van der Waals surface area contributed by atoms with Gasteiger partial charge in [0.2, 0.25) is 0 Å². The van der Waals surface area contributed by atoms with E-state index in [0.717, 1.165) is 17.8 Å². The lowest BCUT2D eigenvalue weighted by atomic mass is 10.0. The number of amides is 1. The molecule has 7 heteroatoms. The summed E-state index contributed by atoms with van der Waals surface area (Å²) in [7, 11) is 0. The van der Waals surface area contributed by atoms with Gasteiger partial charge >= 0.3 is 0 Å². The molecule has 1 aliphatic heterocycles. The highest BCUT2D eigenvalue weighted by Gasteiger charge is 2.20. The first kappa shape index (κ1) is 17.0. The van der Waals surface area contributed by atoms with Gasteiger partial charge in [0.1, 0.15) is 6.07 Å². The normalized spacial score (nSPS) is 15.0. The lowest BCUT2D eigenvalue weighted by Gasteiger charge is -2.32. The molecule has 0 radical (unpaired) electrons. The average Bonchev–Trinajstić information content (AvgIpc) is 3.12. The number of hydrogen-bond acceptors (Lipinski definition) is 5. The molecule has 3 N–H and O–H groups in total. The number of aromatic amines is 1. The molecule has 0 unspecified atom stereocenters. The van der Waals surface area contributed by atoms with Gasteiger partial charge in [-0.1, -0.05) is 6.92 Å². The van der Waals surface area contributed by atoms with Crippen LogP contribution in [0.25, 0.3) is 0 Å². The molecule has 0 aliphatic carbocycles. The van der Waals surface area contributed by atoms with E-state index in [0.29, 0.717) is 42.9 Å². The van der Waals surface area contributed by atoms with Gasteiger partial charge in [-0.3, -0.25) is 9.89 Å². The maximum absolute atomic E-state index is 12.3. The monoisotopic (exact) mass is 339 g/mol. The van der Waals surface area contributed by atoms with Gasteiger partial charge in [0, 0.05) is 24.5 Å². The Balaban J connectivity index is 1.75. The number of aryl methyl sites for hydroxylation is 1. The highest BCUT2D eigenvalue weighted by atomic mass is 16.3. The van der Waals surface area contributed by atoms with Crippen molar-refractivity contribution in [3.8, 4) is 6.07 Å². The third-order valence-electron chi connectivity index (χ3n) is 4.42. The van der Waals surface area contributed by atoms with Gasteiger partial charge in [-0.2, -0.15) is 10.4 Å². The fourth-order valence-corrected chi connectivity index (χ4v) is 2.94. The van der Waals surface area contributed by atoms with Crippen LogP contribution in [0.3, 0.4) is 0 Å². The molecule has 130 valence electrons. The topological polar surface area (TPSA) is 105 Å². The van der Waals surface area contributed by atoms with Gasteiger partial charge in [-0.25, -0.2) is 0 Å². The van der Waals surface area contributed by atoms with Crippen LogP contribution < -0.4 is 10.2 Å². The molecule has 0 saturated carbocycles. The molecule has 3 rings (SSSR count). The second kappa shape index (κ2) is 7.36. The first-order chi connectivity index (χ1) is 12.1. The molecule has 0 spiro atoms. The van der Waals surface area contributed by atoms with E-state index in [9.17, 15) is 15.2 Å². The van der Waals surface area contributed by atoms with Crippen LogP contribution in [0.5, 0.6) is 0 Å². The van der Waals surface area contributed by atoms with E-state index < -0.39 is 0 Å². The van der Waals surface area contributed by atoms with Crippen molar-refractivity contribution in [2.45, 2.75) is 32.3 Å². The van der Waals surface area contributed by atoms with Crippen molar-refractivity contribution in [1.29, 1.82) is 5.26 Å². The van der Waals surface area contributed by atoms with Crippen LogP contribution >= 0.6 is 0 Å². The van der Waals surface area contributed by atoms with Gasteiger partial charge in [0.15, 0.2) is 5.69 Å². The lowest BCUT2D eigenvalue weighted by Crippen LogP contribution is -2.36. The number of rotatable bonds is 4. The smallest absolute Gasteiger partial charge is 0.276 e. The number of anilines is 2. The number of nitriles is 1. The first-order valence-corrected chi connectivity index (χ1v) is 8.43. The van der Waals surface area contributed by atoms with E-state index in [1.165, 1.54) is 0 Å². The summed E-state index contributed by atoms with van der Waals surface area (Å²) < 4.78 is 0. The Labute approximate surface area is 146 Å². The van der Waals surface area contributed by atoms with Gasteiger partial charge in [0.05, 0.1) is 17.4 Å². The van der Waals surface area contributed by atoms with Gasteiger partial charge in [-0.05, 0) is 43.5 Å². The van der Waals surface area contributed by atoms with E-state index in [1.54, 1.807) is 18.2 Å². The van der Waals surface area contributed by atoms with E-state index in [2.05, 4.69) is 26.5 Å². The molecule has 2 aromatic rings. The third-order valence-corrected chi connectivity index (χ3v) is 4.42. The summed E-state index contributed by atoms with van der Waals surface area (Å²) in [5.74, 6) is -0.311. The van der Waals surface area contributed by atoms with Crippen molar-refractivity contribution in [2.75, 3.05) is 23.3 Å². The molecule has 25 heavy (non-hydrogen) atoms. The Kier molecular flexibility index (Phi) is 5.00. The van der Waals surface area contributed by atoms with Crippen LogP contribution in [0.15, 0.2) is 24.3 Å². The Morgan fingerprint density at radius 3 is 2.84 bits per heavy atom. The summed E-state index contributed by atoms with van der Waals surface area (Å²) in [5.41, 5.74) is 3.12. The molecule has 0 atom stereocenters. The summed E-state index contributed by atoms with van der Waals surface area (Å²) >= 11 is 0. The molecule has 1 amide bonds. The number of carbonyl (C=O) groups is 1. The molecular weight excluding hydrogens is 318 g/mol. The fourth-order valence-electron chi connectivity index (χ4n) is 2.94. The van der Waals surface area contributed by atoms with Crippen molar-refractivity contribution in [3.63, 3.8) is 0 Å².